The molecule has 1 aliphatic heterocycles. The van der Waals surface area contributed by atoms with Crippen molar-refractivity contribution in [3.05, 3.63) is 94.0 Å². The average molecular weight is 629 g/mol. The Morgan fingerprint density at radius 3 is 2.05 bits per heavy atom. The Kier molecular flexibility index (Phi) is 8.85. The SMILES string of the molecule is O=C(NC1CCN(CCCCC2(C(=O)NCC(F)(F)F)c3ccccc3-c3ccccc32)CC1)c1ccc(Br)cc1. The molecule has 3 aromatic rings. The topological polar surface area (TPSA) is 61.4 Å². The summed E-state index contributed by atoms with van der Waals surface area (Å²) in [4.78, 5) is 28.5. The number of nitrogens with zero attached hydrogens (tertiary/aromatic N) is 1. The summed E-state index contributed by atoms with van der Waals surface area (Å²) in [5.74, 6) is -0.670. The van der Waals surface area contributed by atoms with Crippen LogP contribution in [0.15, 0.2) is 77.3 Å². The Bertz CT molecular complexity index is 1340. The van der Waals surface area contributed by atoms with E-state index in [9.17, 15) is 22.8 Å². The molecule has 2 aliphatic rings. The van der Waals surface area contributed by atoms with Crippen molar-refractivity contribution in [2.24, 2.45) is 0 Å². The fourth-order valence-corrected chi connectivity index (χ4v) is 6.45. The van der Waals surface area contributed by atoms with Gasteiger partial charge in [-0.1, -0.05) is 70.9 Å². The molecule has 1 saturated heterocycles. The minimum absolute atomic E-state index is 0.0674. The van der Waals surface area contributed by atoms with E-state index in [1.54, 1.807) is 12.1 Å². The van der Waals surface area contributed by atoms with Crippen molar-refractivity contribution < 1.29 is 22.8 Å². The number of carbonyl (C=O) groups is 2. The lowest BCUT2D eigenvalue weighted by molar-refractivity contribution is -0.141. The number of nitrogens with one attached hydrogen (secondary N) is 2. The van der Waals surface area contributed by atoms with Crippen molar-refractivity contribution in [1.82, 2.24) is 15.5 Å². The van der Waals surface area contributed by atoms with Crippen LogP contribution in [0.25, 0.3) is 11.1 Å². The number of amides is 2. The van der Waals surface area contributed by atoms with Crippen LogP contribution in [0.4, 0.5) is 13.2 Å². The molecule has 2 amide bonds. The van der Waals surface area contributed by atoms with Gasteiger partial charge in [-0.05, 0) is 78.7 Å². The van der Waals surface area contributed by atoms with E-state index in [0.717, 1.165) is 65.6 Å². The van der Waals surface area contributed by atoms with Gasteiger partial charge in [-0.3, -0.25) is 9.59 Å². The predicted octanol–water partition coefficient (Wildman–Crippen LogP) is 6.46. The molecule has 216 valence electrons. The highest BCUT2D eigenvalue weighted by Gasteiger charge is 2.49. The van der Waals surface area contributed by atoms with Crippen LogP contribution >= 0.6 is 15.9 Å². The second-order valence-corrected chi connectivity index (χ2v) is 11.8. The second-order valence-electron chi connectivity index (χ2n) is 10.8. The standard InChI is InChI=1S/C32H33BrF3N3O2/c33-23-13-11-22(12-14-23)29(40)38-24-15-19-39(20-16-24)18-6-5-17-31(30(41)37-21-32(34,35)36)27-9-3-1-7-25(27)26-8-2-4-10-28(26)31/h1-4,7-14,24H,5-6,15-21H2,(H,37,41)(H,38,40). The first kappa shape index (κ1) is 29.3. The normalized spacial score (nSPS) is 16.6. The van der Waals surface area contributed by atoms with Crippen LogP contribution in [-0.2, 0) is 10.2 Å². The molecular weight excluding hydrogens is 595 g/mol. The van der Waals surface area contributed by atoms with Gasteiger partial charge < -0.3 is 15.5 Å². The van der Waals surface area contributed by atoms with Crippen LogP contribution in [0.3, 0.4) is 0 Å². The summed E-state index contributed by atoms with van der Waals surface area (Å²) in [6.45, 7) is 1.18. The molecule has 1 fully saturated rings. The van der Waals surface area contributed by atoms with Crippen LogP contribution in [0.5, 0.6) is 0 Å². The number of piperidine rings is 1. The van der Waals surface area contributed by atoms with Gasteiger partial charge in [0.1, 0.15) is 12.0 Å². The third-order valence-corrected chi connectivity index (χ3v) is 8.73. The number of carbonyl (C=O) groups excluding carboxylic acids is 2. The first-order chi connectivity index (χ1) is 19.7. The number of halogens is 4. The molecule has 0 bridgehead atoms. The Morgan fingerprint density at radius 1 is 0.878 bits per heavy atom. The van der Waals surface area contributed by atoms with E-state index in [1.807, 2.05) is 60.7 Å². The quantitative estimate of drug-likeness (QED) is 0.268. The number of rotatable bonds is 9. The largest absolute Gasteiger partial charge is 0.405 e. The van der Waals surface area contributed by atoms with Gasteiger partial charge >= 0.3 is 6.18 Å². The summed E-state index contributed by atoms with van der Waals surface area (Å²) in [5.41, 5.74) is 2.81. The van der Waals surface area contributed by atoms with E-state index in [-0.39, 0.29) is 11.9 Å². The molecule has 0 radical (unpaired) electrons. The Hall–Kier alpha value is -3.17. The average Bonchev–Trinajstić information content (AvgIpc) is 3.25. The fraction of sp³-hybridized carbons (Fsp3) is 0.375. The molecule has 0 aromatic heterocycles. The number of hydrogen-bond donors (Lipinski definition) is 2. The summed E-state index contributed by atoms with van der Waals surface area (Å²) < 4.78 is 40.2. The predicted molar refractivity (Wildman–Crippen MR) is 157 cm³/mol. The first-order valence-corrected chi connectivity index (χ1v) is 14.8. The smallest absolute Gasteiger partial charge is 0.349 e. The molecule has 9 heteroatoms. The van der Waals surface area contributed by atoms with Crippen molar-refractivity contribution in [2.75, 3.05) is 26.2 Å². The maximum Gasteiger partial charge on any atom is 0.405 e. The lowest BCUT2D eigenvalue weighted by atomic mass is 9.73. The van der Waals surface area contributed by atoms with Gasteiger partial charge in [0, 0.05) is 29.2 Å². The summed E-state index contributed by atoms with van der Waals surface area (Å²) in [6, 6.07) is 22.5. The van der Waals surface area contributed by atoms with Crippen LogP contribution in [0.2, 0.25) is 0 Å². The Balaban J connectivity index is 1.20. The van der Waals surface area contributed by atoms with Crippen LogP contribution in [-0.4, -0.2) is 55.1 Å². The zero-order valence-corrected chi connectivity index (χ0v) is 24.2. The zero-order chi connectivity index (χ0) is 29.0. The second kappa shape index (κ2) is 12.4. The van der Waals surface area contributed by atoms with E-state index < -0.39 is 24.0 Å². The maximum atomic E-state index is 13.6. The van der Waals surface area contributed by atoms with E-state index in [2.05, 4.69) is 31.5 Å². The van der Waals surface area contributed by atoms with Gasteiger partial charge in [-0.25, -0.2) is 0 Å². The Morgan fingerprint density at radius 2 is 1.46 bits per heavy atom. The lowest BCUT2D eigenvalue weighted by Crippen LogP contribution is -2.47. The van der Waals surface area contributed by atoms with Crippen molar-refractivity contribution in [2.45, 2.75) is 49.7 Å². The monoisotopic (exact) mass is 627 g/mol. The molecule has 0 spiro atoms. The highest BCUT2D eigenvalue weighted by molar-refractivity contribution is 9.10. The molecule has 1 aliphatic carbocycles. The summed E-state index contributed by atoms with van der Waals surface area (Å²) >= 11 is 3.38. The van der Waals surface area contributed by atoms with E-state index in [0.29, 0.717) is 18.4 Å². The minimum atomic E-state index is -4.49. The molecule has 2 N–H and O–H groups in total. The fourth-order valence-electron chi connectivity index (χ4n) is 6.18. The molecule has 5 nitrogen and oxygen atoms in total. The van der Waals surface area contributed by atoms with E-state index in [4.69, 9.17) is 0 Å². The third kappa shape index (κ3) is 6.51. The van der Waals surface area contributed by atoms with Crippen LogP contribution in [0.1, 0.15) is 53.6 Å². The summed E-state index contributed by atoms with van der Waals surface area (Å²) in [6.07, 6.45) is -0.862. The number of unbranched alkanes of at least 4 members (excludes halogenated alkanes) is 1. The van der Waals surface area contributed by atoms with E-state index in [1.165, 1.54) is 0 Å². The van der Waals surface area contributed by atoms with Crippen molar-refractivity contribution >= 4 is 27.7 Å². The Labute approximate surface area is 246 Å². The van der Waals surface area contributed by atoms with Crippen LogP contribution in [0, 0.1) is 0 Å². The van der Waals surface area contributed by atoms with Gasteiger partial charge in [-0.2, -0.15) is 13.2 Å². The summed E-state index contributed by atoms with van der Waals surface area (Å²) in [7, 11) is 0. The third-order valence-electron chi connectivity index (χ3n) is 8.21. The van der Waals surface area contributed by atoms with Gasteiger partial charge in [0.15, 0.2) is 0 Å². The highest BCUT2D eigenvalue weighted by atomic mass is 79.9. The molecule has 0 saturated carbocycles. The zero-order valence-electron chi connectivity index (χ0n) is 22.6. The van der Waals surface area contributed by atoms with Gasteiger partial charge in [0.05, 0.1) is 0 Å². The number of benzene rings is 3. The maximum absolute atomic E-state index is 13.6. The van der Waals surface area contributed by atoms with Crippen molar-refractivity contribution in [3.63, 3.8) is 0 Å². The number of fused-ring (bicyclic) bond motifs is 3. The minimum Gasteiger partial charge on any atom is -0.349 e. The number of hydrogen-bond acceptors (Lipinski definition) is 3. The highest BCUT2D eigenvalue weighted by Crippen LogP contribution is 2.51. The number of likely N-dealkylation sites (tertiary alicyclic amines) is 1. The van der Waals surface area contributed by atoms with Crippen LogP contribution < -0.4 is 10.6 Å². The molecule has 41 heavy (non-hydrogen) atoms. The molecule has 5 rings (SSSR count). The van der Waals surface area contributed by atoms with Crippen molar-refractivity contribution in [3.8, 4) is 11.1 Å². The molecule has 1 heterocycles. The number of alkyl halides is 3. The molecule has 0 atom stereocenters. The molecule has 0 unspecified atom stereocenters. The summed E-state index contributed by atoms with van der Waals surface area (Å²) in [5, 5.41) is 5.33. The lowest BCUT2D eigenvalue weighted by Gasteiger charge is -2.33. The van der Waals surface area contributed by atoms with E-state index >= 15 is 0 Å². The van der Waals surface area contributed by atoms with Gasteiger partial charge in [0.2, 0.25) is 5.91 Å². The molecular formula is C32H33BrF3N3O2. The molecule has 3 aromatic carbocycles. The van der Waals surface area contributed by atoms with Gasteiger partial charge in [-0.15, -0.1) is 0 Å². The van der Waals surface area contributed by atoms with Crippen molar-refractivity contribution in [1.29, 1.82) is 0 Å². The van der Waals surface area contributed by atoms with Gasteiger partial charge in [0.25, 0.3) is 5.91 Å². The first-order valence-electron chi connectivity index (χ1n) is 14.0.